The average molecular weight is 848 g/mol. The minimum Gasteiger partial charge on any atom is -0.394 e. The molecule has 1 amide bonds. The highest BCUT2D eigenvalue weighted by Crippen LogP contribution is 2.22. The molecule has 6 N–H and O–H groups in total. The second kappa shape index (κ2) is 40.4. The zero-order valence-electron chi connectivity index (χ0n) is 37.3. The maximum absolute atomic E-state index is 12.9. The van der Waals surface area contributed by atoms with Gasteiger partial charge in [-0.2, -0.15) is 0 Å². The fourth-order valence-electron chi connectivity index (χ4n) is 6.05. The number of aliphatic hydroxyl groups excluding tert-OH is 5. The van der Waals surface area contributed by atoms with Crippen LogP contribution in [-0.2, 0) is 14.3 Å². The monoisotopic (exact) mass is 848 g/mol. The number of carbonyl (C=O) groups is 1. The number of aliphatic hydroxyl groups is 5. The fourth-order valence-corrected chi connectivity index (χ4v) is 6.05. The van der Waals surface area contributed by atoms with Gasteiger partial charge in [0.15, 0.2) is 6.29 Å². The summed E-state index contributed by atoms with van der Waals surface area (Å²) in [4.78, 5) is 12.9. The Labute approximate surface area is 369 Å². The molecule has 0 bridgehead atoms. The van der Waals surface area contributed by atoms with E-state index in [2.05, 4.69) is 141 Å². The van der Waals surface area contributed by atoms with Crippen molar-refractivity contribution in [1.82, 2.24) is 5.32 Å². The first-order valence-corrected chi connectivity index (χ1v) is 22.9. The molecular weight excluding hydrogens is 767 g/mol. The van der Waals surface area contributed by atoms with Crippen LogP contribution in [0.4, 0.5) is 0 Å². The lowest BCUT2D eigenvalue weighted by molar-refractivity contribution is -0.302. The summed E-state index contributed by atoms with van der Waals surface area (Å²) in [6, 6.07) is -0.860. The molecule has 7 atom stereocenters. The van der Waals surface area contributed by atoms with Gasteiger partial charge in [0.1, 0.15) is 24.4 Å². The van der Waals surface area contributed by atoms with Crippen LogP contribution in [0.15, 0.2) is 134 Å². The Kier molecular flexibility index (Phi) is 36.7. The SMILES string of the molecule is CC/C=C\C/C=C\C/C=C\C/C=C\C/C=C\C/C=C\C/C=C\C/C=C\C/C=C\CCCC(=O)NC(COC1OC(CO)C(O)C(O)C1O)C(O)/C=C/CC/C=C/CCCCC. The molecule has 0 saturated carbocycles. The van der Waals surface area contributed by atoms with Gasteiger partial charge in [-0.15, -0.1) is 0 Å². The van der Waals surface area contributed by atoms with E-state index < -0.39 is 49.5 Å². The second-order valence-corrected chi connectivity index (χ2v) is 15.1. The third-order valence-electron chi connectivity index (χ3n) is 9.71. The normalized spacial score (nSPS) is 21.7. The standard InChI is InChI=1S/C52H81NO8/c1-3-5-7-9-11-13-14-15-16-17-18-19-20-21-22-23-24-25-26-27-28-29-30-31-32-34-36-38-40-42-48(56)53-45(46(55)41-39-37-35-33-12-10-8-6-4-2)44-60-52-51(59)50(58)49(57)47(43-54)61-52/h5,7,11-13,15-16,18-19,21-22,24-25,27-28,30-31,33-34,36,39,41,45-47,49-52,54-55,57-59H,3-4,6,8-10,14,17,20,23,26,29,32,35,37-38,40,42-44H2,1-2H3,(H,53,56)/b7-5-,13-11-,16-15-,19-18-,22-21-,25-24-,28-27-,31-30-,33-12+,36-34-,41-39+. The number of unbranched alkanes of at least 4 members (excludes halogenated alkanes) is 5. The van der Waals surface area contributed by atoms with Crippen molar-refractivity contribution in [2.45, 2.75) is 172 Å². The Hall–Kier alpha value is -3.67. The number of hydrogen-bond acceptors (Lipinski definition) is 8. The number of rotatable bonds is 35. The van der Waals surface area contributed by atoms with Crippen molar-refractivity contribution in [3.8, 4) is 0 Å². The first-order chi connectivity index (χ1) is 29.8. The van der Waals surface area contributed by atoms with E-state index in [0.29, 0.717) is 6.42 Å². The zero-order valence-corrected chi connectivity index (χ0v) is 37.3. The lowest BCUT2D eigenvalue weighted by Crippen LogP contribution is -2.60. The summed E-state index contributed by atoms with van der Waals surface area (Å²) in [6.07, 6.45) is 55.2. The molecule has 1 heterocycles. The van der Waals surface area contributed by atoms with Gasteiger partial charge in [-0.05, 0) is 96.3 Å². The minimum absolute atomic E-state index is 0.235. The molecule has 0 spiro atoms. The summed E-state index contributed by atoms with van der Waals surface area (Å²) in [7, 11) is 0. The number of amides is 1. The molecule has 7 unspecified atom stereocenters. The maximum Gasteiger partial charge on any atom is 0.220 e. The fraction of sp³-hybridized carbons (Fsp3) is 0.558. The quantitative estimate of drug-likeness (QED) is 0.0273. The number of allylic oxidation sites excluding steroid dienone is 21. The molecule has 0 radical (unpaired) electrons. The summed E-state index contributed by atoms with van der Waals surface area (Å²) >= 11 is 0. The van der Waals surface area contributed by atoms with E-state index in [-0.39, 0.29) is 18.9 Å². The molecule has 342 valence electrons. The maximum atomic E-state index is 12.9. The number of hydrogen-bond donors (Lipinski definition) is 6. The Balaban J connectivity index is 2.33. The highest BCUT2D eigenvalue weighted by Gasteiger charge is 2.44. The second-order valence-electron chi connectivity index (χ2n) is 15.1. The van der Waals surface area contributed by atoms with Gasteiger partial charge in [-0.1, -0.05) is 160 Å². The predicted molar refractivity (Wildman–Crippen MR) is 253 cm³/mol. The van der Waals surface area contributed by atoms with E-state index >= 15 is 0 Å². The number of nitrogens with one attached hydrogen (secondary N) is 1. The highest BCUT2D eigenvalue weighted by atomic mass is 16.7. The van der Waals surface area contributed by atoms with Gasteiger partial charge >= 0.3 is 0 Å². The largest absolute Gasteiger partial charge is 0.394 e. The van der Waals surface area contributed by atoms with Gasteiger partial charge in [-0.3, -0.25) is 4.79 Å². The van der Waals surface area contributed by atoms with Crippen LogP contribution in [0.2, 0.25) is 0 Å². The van der Waals surface area contributed by atoms with Crippen LogP contribution in [-0.4, -0.2) is 87.5 Å². The van der Waals surface area contributed by atoms with Crippen LogP contribution in [0.1, 0.15) is 129 Å². The summed E-state index contributed by atoms with van der Waals surface area (Å²) in [5.74, 6) is -0.256. The molecule has 1 aliphatic rings. The average Bonchev–Trinajstić information content (AvgIpc) is 3.26. The Morgan fingerprint density at radius 3 is 1.51 bits per heavy atom. The first-order valence-electron chi connectivity index (χ1n) is 22.9. The molecule has 9 nitrogen and oxygen atoms in total. The minimum atomic E-state index is -1.59. The smallest absolute Gasteiger partial charge is 0.220 e. The molecule has 61 heavy (non-hydrogen) atoms. The molecule has 1 saturated heterocycles. The van der Waals surface area contributed by atoms with Crippen molar-refractivity contribution < 1.29 is 39.8 Å². The third kappa shape index (κ3) is 30.9. The van der Waals surface area contributed by atoms with Gasteiger partial charge < -0.3 is 40.3 Å². The van der Waals surface area contributed by atoms with Crippen molar-refractivity contribution >= 4 is 5.91 Å². The van der Waals surface area contributed by atoms with Crippen LogP contribution >= 0.6 is 0 Å². The predicted octanol–water partition coefficient (Wildman–Crippen LogP) is 9.83. The Morgan fingerprint density at radius 1 is 0.574 bits per heavy atom. The van der Waals surface area contributed by atoms with E-state index in [1.165, 1.54) is 19.3 Å². The molecule has 0 aromatic rings. The van der Waals surface area contributed by atoms with Gasteiger partial charge in [0.2, 0.25) is 5.91 Å². The van der Waals surface area contributed by atoms with E-state index in [4.69, 9.17) is 9.47 Å². The summed E-state index contributed by atoms with van der Waals surface area (Å²) in [5.41, 5.74) is 0. The van der Waals surface area contributed by atoms with Crippen molar-refractivity contribution in [1.29, 1.82) is 0 Å². The molecule has 0 aromatic heterocycles. The van der Waals surface area contributed by atoms with Crippen LogP contribution in [0.3, 0.4) is 0 Å². The Bertz CT molecular complexity index is 1400. The molecule has 9 heteroatoms. The molecule has 0 aliphatic carbocycles. The van der Waals surface area contributed by atoms with Crippen molar-refractivity contribution in [2.24, 2.45) is 0 Å². The van der Waals surface area contributed by atoms with Crippen LogP contribution in [0, 0.1) is 0 Å². The third-order valence-corrected chi connectivity index (χ3v) is 9.71. The summed E-state index contributed by atoms with van der Waals surface area (Å²) < 4.78 is 11.1. The molecule has 1 aliphatic heterocycles. The lowest BCUT2D eigenvalue weighted by atomic mass is 9.99. The van der Waals surface area contributed by atoms with Crippen LogP contribution in [0.5, 0.6) is 0 Å². The summed E-state index contributed by atoms with van der Waals surface area (Å²) in [6.45, 7) is 3.51. The first kappa shape index (κ1) is 55.3. The zero-order chi connectivity index (χ0) is 44.4. The summed E-state index contributed by atoms with van der Waals surface area (Å²) in [5, 5.41) is 53.9. The van der Waals surface area contributed by atoms with E-state index in [0.717, 1.165) is 83.5 Å². The van der Waals surface area contributed by atoms with Gasteiger partial charge in [0, 0.05) is 6.42 Å². The van der Waals surface area contributed by atoms with Crippen molar-refractivity contribution in [2.75, 3.05) is 13.2 Å². The topological polar surface area (TPSA) is 149 Å². The Morgan fingerprint density at radius 2 is 1.02 bits per heavy atom. The molecule has 1 fully saturated rings. The van der Waals surface area contributed by atoms with Crippen molar-refractivity contribution in [3.63, 3.8) is 0 Å². The van der Waals surface area contributed by atoms with Gasteiger partial charge in [0.05, 0.1) is 25.4 Å². The van der Waals surface area contributed by atoms with E-state index in [1.54, 1.807) is 6.08 Å². The number of carbonyl (C=O) groups excluding carboxylic acids is 1. The van der Waals surface area contributed by atoms with Crippen LogP contribution < -0.4 is 5.32 Å². The number of ether oxygens (including phenoxy) is 2. The van der Waals surface area contributed by atoms with Crippen molar-refractivity contribution in [3.05, 3.63) is 134 Å². The van der Waals surface area contributed by atoms with E-state index in [1.807, 2.05) is 6.08 Å². The molecular formula is C52H81NO8. The molecule has 1 rings (SSSR count). The van der Waals surface area contributed by atoms with Gasteiger partial charge in [0.25, 0.3) is 0 Å². The van der Waals surface area contributed by atoms with E-state index in [9.17, 15) is 30.3 Å². The lowest BCUT2D eigenvalue weighted by Gasteiger charge is -2.40. The highest BCUT2D eigenvalue weighted by molar-refractivity contribution is 5.76. The van der Waals surface area contributed by atoms with Gasteiger partial charge in [-0.25, -0.2) is 0 Å². The molecule has 0 aromatic carbocycles. The van der Waals surface area contributed by atoms with Crippen LogP contribution in [0.25, 0.3) is 0 Å².